The van der Waals surface area contributed by atoms with Crippen molar-refractivity contribution in [2.75, 3.05) is 0 Å². The fourth-order valence-electron chi connectivity index (χ4n) is 1.15. The Hall–Kier alpha value is -1.24. The van der Waals surface area contributed by atoms with Gasteiger partial charge >= 0.3 is 5.82 Å². The lowest BCUT2D eigenvalue weighted by molar-refractivity contribution is -0.391. The molecule has 0 amide bonds. The first-order valence-corrected chi connectivity index (χ1v) is 5.07. The van der Waals surface area contributed by atoms with E-state index in [9.17, 15) is 14.9 Å². The van der Waals surface area contributed by atoms with Gasteiger partial charge in [-0.1, -0.05) is 6.92 Å². The summed E-state index contributed by atoms with van der Waals surface area (Å²) in [6, 6.07) is 0. The van der Waals surface area contributed by atoms with E-state index in [1.807, 2.05) is 0 Å². The van der Waals surface area contributed by atoms with Crippen LogP contribution in [0.5, 0.6) is 0 Å². The zero-order chi connectivity index (χ0) is 11.6. The Morgan fingerprint density at radius 2 is 2.40 bits per heavy atom. The van der Waals surface area contributed by atoms with Gasteiger partial charge in [0, 0.05) is 12.3 Å². The van der Waals surface area contributed by atoms with Crippen LogP contribution in [0.1, 0.15) is 12.7 Å². The van der Waals surface area contributed by atoms with E-state index in [2.05, 4.69) is 20.9 Å². The first kappa shape index (κ1) is 11.8. The van der Waals surface area contributed by atoms with Crippen molar-refractivity contribution in [3.05, 3.63) is 22.1 Å². The van der Waals surface area contributed by atoms with E-state index in [0.29, 0.717) is 12.2 Å². The van der Waals surface area contributed by atoms with Crippen LogP contribution >= 0.6 is 15.9 Å². The first-order chi connectivity index (χ1) is 6.93. The Morgan fingerprint density at radius 3 is 2.80 bits per heavy atom. The van der Waals surface area contributed by atoms with Gasteiger partial charge in [-0.15, -0.1) is 0 Å². The molecule has 0 radical (unpaired) electrons. The minimum atomic E-state index is -0.503. The van der Waals surface area contributed by atoms with Gasteiger partial charge in [0.15, 0.2) is 5.82 Å². The molecule has 0 aliphatic carbocycles. The fourth-order valence-corrected chi connectivity index (χ4v) is 1.31. The number of carbonyl (C=O) groups is 1. The largest absolute Gasteiger partial charge is 0.358 e. The second-order valence-corrected chi connectivity index (χ2v) is 4.04. The predicted octanol–water partition coefficient (Wildman–Crippen LogP) is 1.43. The Morgan fingerprint density at radius 1 is 1.80 bits per heavy atom. The van der Waals surface area contributed by atoms with Gasteiger partial charge in [0.1, 0.15) is 6.20 Å². The highest BCUT2D eigenvalue weighted by atomic mass is 79.9. The average molecular weight is 276 g/mol. The summed E-state index contributed by atoms with van der Waals surface area (Å²) in [5.74, 6) is 0.215. The number of nitro groups is 1. The standard InChI is InChI=1S/C8H10BrN3O3/c1-5(8(9)13)3-6-10-4-7(11(6)2)12(14)15/h4-5H,3H2,1-2H3. The Balaban J connectivity index is 2.88. The van der Waals surface area contributed by atoms with Gasteiger partial charge in [-0.2, -0.15) is 0 Å². The monoisotopic (exact) mass is 275 g/mol. The molecule has 1 aromatic heterocycles. The third kappa shape index (κ3) is 2.62. The van der Waals surface area contributed by atoms with Gasteiger partial charge < -0.3 is 10.1 Å². The number of carbonyl (C=O) groups excluding carboxylic acids is 1. The van der Waals surface area contributed by atoms with Crippen molar-refractivity contribution in [2.45, 2.75) is 13.3 Å². The number of nitrogens with zero attached hydrogens (tertiary/aromatic N) is 3. The van der Waals surface area contributed by atoms with E-state index in [4.69, 9.17) is 0 Å². The molecule has 0 saturated carbocycles. The van der Waals surface area contributed by atoms with Gasteiger partial charge in [-0.3, -0.25) is 4.79 Å². The van der Waals surface area contributed by atoms with Crippen LogP contribution in [0.15, 0.2) is 6.20 Å². The fraction of sp³-hybridized carbons (Fsp3) is 0.500. The maximum absolute atomic E-state index is 10.9. The molecule has 0 saturated heterocycles. The van der Waals surface area contributed by atoms with Gasteiger partial charge in [-0.05, 0) is 20.9 Å². The van der Waals surface area contributed by atoms with Crippen LogP contribution in [0.2, 0.25) is 0 Å². The average Bonchev–Trinajstić information content (AvgIpc) is 2.48. The quantitative estimate of drug-likeness (QED) is 0.473. The minimum Gasteiger partial charge on any atom is -0.358 e. The van der Waals surface area contributed by atoms with Crippen molar-refractivity contribution in [2.24, 2.45) is 13.0 Å². The smallest absolute Gasteiger partial charge is 0.342 e. The summed E-state index contributed by atoms with van der Waals surface area (Å²) < 4.78 is 1.25. The predicted molar refractivity (Wildman–Crippen MR) is 56.7 cm³/mol. The molecule has 1 rings (SSSR count). The Bertz CT molecular complexity index is 402. The lowest BCUT2D eigenvalue weighted by Crippen LogP contribution is -2.11. The number of halogens is 1. The molecule has 1 unspecified atom stereocenters. The molecule has 1 heterocycles. The Labute approximate surface area is 94.6 Å². The molecule has 0 N–H and O–H groups in total. The highest BCUT2D eigenvalue weighted by Crippen LogP contribution is 2.16. The van der Waals surface area contributed by atoms with Crippen LogP contribution in [-0.4, -0.2) is 19.2 Å². The molecular formula is C8H10BrN3O3. The third-order valence-electron chi connectivity index (χ3n) is 2.12. The summed E-state index contributed by atoms with van der Waals surface area (Å²) in [6.07, 6.45) is 1.58. The molecule has 15 heavy (non-hydrogen) atoms. The summed E-state index contributed by atoms with van der Waals surface area (Å²) in [5, 5.41) is 10.5. The van der Waals surface area contributed by atoms with Gasteiger partial charge in [0.2, 0.25) is 4.69 Å². The van der Waals surface area contributed by atoms with Crippen LogP contribution in [0.25, 0.3) is 0 Å². The number of imidazole rings is 1. The zero-order valence-electron chi connectivity index (χ0n) is 8.31. The van der Waals surface area contributed by atoms with Crippen LogP contribution in [-0.2, 0) is 18.3 Å². The van der Waals surface area contributed by atoms with Crippen LogP contribution in [0.4, 0.5) is 5.82 Å². The number of rotatable bonds is 4. The van der Waals surface area contributed by atoms with E-state index in [0.717, 1.165) is 0 Å². The van der Waals surface area contributed by atoms with Crippen molar-refractivity contribution >= 4 is 26.4 Å². The Kier molecular flexibility index (Phi) is 3.57. The van der Waals surface area contributed by atoms with Crippen molar-refractivity contribution in [1.82, 2.24) is 9.55 Å². The molecule has 0 spiro atoms. The minimum absolute atomic E-state index is 0.0702. The van der Waals surface area contributed by atoms with Crippen molar-refractivity contribution in [3.63, 3.8) is 0 Å². The van der Waals surface area contributed by atoms with E-state index >= 15 is 0 Å². The molecule has 82 valence electrons. The summed E-state index contributed by atoms with van der Waals surface area (Å²) in [5.41, 5.74) is 0. The van der Waals surface area contributed by atoms with Crippen LogP contribution in [0, 0.1) is 16.0 Å². The molecule has 1 aromatic rings. The first-order valence-electron chi connectivity index (χ1n) is 4.27. The molecule has 0 aromatic carbocycles. The molecule has 0 aliphatic rings. The molecule has 0 fully saturated rings. The highest BCUT2D eigenvalue weighted by Gasteiger charge is 2.20. The summed E-state index contributed by atoms with van der Waals surface area (Å²) in [4.78, 5) is 24.9. The second kappa shape index (κ2) is 4.52. The summed E-state index contributed by atoms with van der Waals surface area (Å²) in [6.45, 7) is 1.73. The maximum Gasteiger partial charge on any atom is 0.342 e. The molecule has 7 heteroatoms. The molecule has 0 aliphatic heterocycles. The van der Waals surface area contributed by atoms with E-state index < -0.39 is 4.92 Å². The third-order valence-corrected chi connectivity index (χ3v) is 2.90. The van der Waals surface area contributed by atoms with Crippen molar-refractivity contribution in [3.8, 4) is 0 Å². The van der Waals surface area contributed by atoms with Crippen molar-refractivity contribution < 1.29 is 9.72 Å². The molecule has 1 atom stereocenters. The lowest BCUT2D eigenvalue weighted by atomic mass is 10.1. The highest BCUT2D eigenvalue weighted by molar-refractivity contribution is 9.18. The SMILES string of the molecule is CC(Cc1ncc([N+](=O)[O-])n1C)C(=O)Br. The number of hydrogen-bond acceptors (Lipinski definition) is 4. The van der Waals surface area contributed by atoms with Gasteiger partial charge in [0.05, 0.1) is 7.05 Å². The maximum atomic E-state index is 10.9. The van der Waals surface area contributed by atoms with Gasteiger partial charge in [0.25, 0.3) is 0 Å². The van der Waals surface area contributed by atoms with E-state index in [1.165, 1.54) is 10.8 Å². The van der Waals surface area contributed by atoms with Gasteiger partial charge in [-0.25, -0.2) is 9.55 Å². The zero-order valence-corrected chi connectivity index (χ0v) is 9.89. The van der Waals surface area contributed by atoms with Crippen LogP contribution < -0.4 is 0 Å². The van der Waals surface area contributed by atoms with E-state index in [-0.39, 0.29) is 16.4 Å². The molecule has 0 bridgehead atoms. The number of aromatic nitrogens is 2. The van der Waals surface area contributed by atoms with E-state index in [1.54, 1.807) is 14.0 Å². The second-order valence-electron chi connectivity index (χ2n) is 3.26. The normalized spacial score (nSPS) is 12.5. The molecule has 6 nitrogen and oxygen atoms in total. The van der Waals surface area contributed by atoms with Crippen molar-refractivity contribution in [1.29, 1.82) is 0 Å². The van der Waals surface area contributed by atoms with Crippen LogP contribution in [0.3, 0.4) is 0 Å². The number of hydrogen-bond donors (Lipinski definition) is 0. The topological polar surface area (TPSA) is 78.0 Å². The molecular weight excluding hydrogens is 266 g/mol. The summed E-state index contributed by atoms with van der Waals surface area (Å²) >= 11 is 2.85. The summed E-state index contributed by atoms with van der Waals surface area (Å²) in [7, 11) is 1.56. The lowest BCUT2D eigenvalue weighted by Gasteiger charge is -2.03.